The van der Waals surface area contributed by atoms with E-state index >= 15 is 0 Å². The van der Waals surface area contributed by atoms with E-state index in [0.29, 0.717) is 30.5 Å². The number of hydrogen-bond acceptors (Lipinski definition) is 10. The number of aromatic nitrogens is 5. The van der Waals surface area contributed by atoms with Gasteiger partial charge in [0.1, 0.15) is 11.9 Å². The summed E-state index contributed by atoms with van der Waals surface area (Å²) in [5.74, 6) is 0.997. The van der Waals surface area contributed by atoms with E-state index in [1.54, 1.807) is 41.0 Å². The minimum Gasteiger partial charge on any atom is -0.468 e. The van der Waals surface area contributed by atoms with E-state index < -0.39 is 15.9 Å². The van der Waals surface area contributed by atoms with E-state index in [4.69, 9.17) is 14.2 Å². The highest BCUT2D eigenvalue weighted by Gasteiger charge is 2.21. The predicted octanol–water partition coefficient (Wildman–Crippen LogP) is 3.80. The Balaban J connectivity index is 1.09. The van der Waals surface area contributed by atoms with Crippen molar-refractivity contribution in [2.24, 2.45) is 0 Å². The first-order chi connectivity index (χ1) is 19.8. The van der Waals surface area contributed by atoms with Gasteiger partial charge in [-0.25, -0.2) is 32.7 Å². The van der Waals surface area contributed by atoms with Crippen LogP contribution in [0.4, 0.5) is 16.2 Å². The van der Waals surface area contributed by atoms with Crippen molar-refractivity contribution in [3.8, 4) is 28.9 Å². The molecule has 2 amide bonds. The fourth-order valence-electron chi connectivity index (χ4n) is 3.98. The fourth-order valence-corrected chi connectivity index (χ4v) is 4.82. The lowest BCUT2D eigenvalue weighted by Crippen LogP contribution is -2.38. The van der Waals surface area contributed by atoms with Crippen LogP contribution in [-0.2, 0) is 14.6 Å². The van der Waals surface area contributed by atoms with Gasteiger partial charge >= 0.3 is 12.0 Å². The van der Waals surface area contributed by atoms with Crippen molar-refractivity contribution in [2.45, 2.75) is 11.0 Å². The second kappa shape index (κ2) is 10.8. The molecule has 1 saturated heterocycles. The van der Waals surface area contributed by atoms with Gasteiger partial charge in [0, 0.05) is 17.9 Å². The molecule has 208 valence electrons. The number of hydrogen-bond donors (Lipinski definition) is 2. The molecular formula is C27H23N7O6S. The van der Waals surface area contributed by atoms with Crippen molar-refractivity contribution in [1.29, 1.82) is 0 Å². The quantitative estimate of drug-likeness (QED) is 0.280. The summed E-state index contributed by atoms with van der Waals surface area (Å²) in [6, 6.07) is 16.4. The Morgan fingerprint density at radius 1 is 0.951 bits per heavy atom. The summed E-state index contributed by atoms with van der Waals surface area (Å²) < 4.78 is 42.3. The number of carbonyl (C=O) groups is 1. The Bertz CT molecular complexity index is 1820. The molecule has 1 aliphatic heterocycles. The minimum absolute atomic E-state index is 0.0111. The van der Waals surface area contributed by atoms with Crippen molar-refractivity contribution >= 4 is 32.9 Å². The van der Waals surface area contributed by atoms with Crippen molar-refractivity contribution < 1.29 is 27.4 Å². The molecule has 13 nitrogen and oxygen atoms in total. The van der Waals surface area contributed by atoms with E-state index in [1.165, 1.54) is 24.5 Å². The highest BCUT2D eigenvalue weighted by atomic mass is 32.2. The van der Waals surface area contributed by atoms with Crippen LogP contribution in [-0.4, -0.2) is 64.6 Å². The number of benzene rings is 2. The molecule has 0 aliphatic carbocycles. The average Bonchev–Trinajstić information content (AvgIpc) is 3.35. The van der Waals surface area contributed by atoms with Crippen molar-refractivity contribution in [1.82, 2.24) is 24.6 Å². The van der Waals surface area contributed by atoms with Gasteiger partial charge in [0.15, 0.2) is 15.5 Å². The highest BCUT2D eigenvalue weighted by molar-refractivity contribution is 7.90. The van der Waals surface area contributed by atoms with Gasteiger partial charge in [-0.3, -0.25) is 0 Å². The number of nitrogens with zero attached hydrogens (tertiary/aromatic N) is 5. The van der Waals surface area contributed by atoms with E-state index in [-0.39, 0.29) is 28.4 Å². The molecule has 4 heterocycles. The Kier molecular flexibility index (Phi) is 6.91. The third-order valence-electron chi connectivity index (χ3n) is 6.01. The molecule has 0 bridgehead atoms. The Hall–Kier alpha value is -5.08. The van der Waals surface area contributed by atoms with E-state index in [9.17, 15) is 13.2 Å². The lowest BCUT2D eigenvalue weighted by molar-refractivity contribution is -0.0816. The number of imidazole rings is 1. The maximum atomic E-state index is 12.4. The molecule has 2 N–H and O–H groups in total. The molecule has 1 aliphatic rings. The number of amides is 2. The van der Waals surface area contributed by atoms with Crippen molar-refractivity contribution in [3.05, 3.63) is 79.3 Å². The normalized spacial score (nSPS) is 13.4. The van der Waals surface area contributed by atoms with Gasteiger partial charge in [-0.2, -0.15) is 0 Å². The zero-order valence-electron chi connectivity index (χ0n) is 21.6. The van der Waals surface area contributed by atoms with Crippen LogP contribution in [0.25, 0.3) is 16.9 Å². The maximum absolute atomic E-state index is 12.4. The topological polar surface area (TPSA) is 159 Å². The maximum Gasteiger partial charge on any atom is 0.323 e. The number of fused-ring (bicyclic) bond motifs is 1. The molecule has 5 aromatic rings. The Morgan fingerprint density at radius 3 is 2.41 bits per heavy atom. The molecule has 0 saturated carbocycles. The van der Waals surface area contributed by atoms with Crippen LogP contribution in [0, 0.1) is 0 Å². The molecule has 0 radical (unpaired) electrons. The zero-order valence-corrected chi connectivity index (χ0v) is 22.4. The number of rotatable bonds is 8. The molecule has 0 atom stereocenters. The minimum atomic E-state index is -3.52. The number of urea groups is 1. The lowest BCUT2D eigenvalue weighted by Gasteiger charge is -2.25. The molecule has 6 rings (SSSR count). The number of nitrogens with one attached hydrogen (secondary N) is 2. The molecule has 14 heteroatoms. The number of sulfone groups is 1. The summed E-state index contributed by atoms with van der Waals surface area (Å²) >= 11 is 0. The monoisotopic (exact) mass is 573 g/mol. The second-order valence-electron chi connectivity index (χ2n) is 9.09. The van der Waals surface area contributed by atoms with E-state index in [1.807, 2.05) is 18.2 Å². The van der Waals surface area contributed by atoms with Crippen LogP contribution in [0.5, 0.6) is 17.6 Å². The SMILES string of the molecule is CS(=O)(=O)c1ccccc1NC(=O)Nc1cnc(Oc2ccc(-c3cnc4ccc(OC5COC5)nn34)cc2)nc1. The summed E-state index contributed by atoms with van der Waals surface area (Å²) in [5, 5.41) is 9.64. The Morgan fingerprint density at radius 2 is 1.71 bits per heavy atom. The lowest BCUT2D eigenvalue weighted by atomic mass is 10.1. The molecule has 0 unspecified atom stereocenters. The van der Waals surface area contributed by atoms with Crippen LogP contribution in [0.15, 0.2) is 84.1 Å². The van der Waals surface area contributed by atoms with Crippen LogP contribution in [0.3, 0.4) is 0 Å². The first-order valence-corrected chi connectivity index (χ1v) is 14.3. The second-order valence-corrected chi connectivity index (χ2v) is 11.1. The molecular weight excluding hydrogens is 550 g/mol. The highest BCUT2D eigenvalue weighted by Crippen LogP contribution is 2.26. The van der Waals surface area contributed by atoms with Gasteiger partial charge in [0.05, 0.1) is 53.8 Å². The standard InChI is InChI=1S/C27H23N7O6S/c1-41(36,37)23-5-3-2-4-21(23)32-26(35)31-18-12-29-27(30-13-18)40-19-8-6-17(7-9-19)22-14-28-24-10-11-25(33-34(22)24)39-20-15-38-16-20/h2-14,20H,15-16H2,1H3,(H2,31,32,35). The summed E-state index contributed by atoms with van der Waals surface area (Å²) in [6.45, 7) is 1.11. The van der Waals surface area contributed by atoms with Crippen molar-refractivity contribution in [2.75, 3.05) is 30.1 Å². The van der Waals surface area contributed by atoms with Gasteiger partial charge in [-0.05, 0) is 42.5 Å². The molecule has 1 fully saturated rings. The zero-order chi connectivity index (χ0) is 28.4. The van der Waals surface area contributed by atoms with Gasteiger partial charge in [-0.1, -0.05) is 12.1 Å². The summed E-state index contributed by atoms with van der Waals surface area (Å²) in [7, 11) is -3.52. The summed E-state index contributed by atoms with van der Waals surface area (Å²) in [6.07, 6.45) is 5.56. The van der Waals surface area contributed by atoms with E-state index in [2.05, 4.69) is 30.7 Å². The summed E-state index contributed by atoms with van der Waals surface area (Å²) in [4.78, 5) is 25.1. The third kappa shape index (κ3) is 5.92. The molecule has 0 spiro atoms. The van der Waals surface area contributed by atoms with Gasteiger partial charge < -0.3 is 24.8 Å². The summed E-state index contributed by atoms with van der Waals surface area (Å²) in [5.41, 5.74) is 2.79. The molecule has 2 aromatic carbocycles. The number of para-hydroxylation sites is 1. The predicted molar refractivity (Wildman–Crippen MR) is 148 cm³/mol. The fraction of sp³-hybridized carbons (Fsp3) is 0.148. The van der Waals surface area contributed by atoms with Crippen molar-refractivity contribution in [3.63, 3.8) is 0 Å². The number of carbonyl (C=O) groups excluding carboxylic acids is 1. The van der Waals surface area contributed by atoms with E-state index in [0.717, 1.165) is 17.5 Å². The van der Waals surface area contributed by atoms with Crippen LogP contribution in [0.1, 0.15) is 0 Å². The Labute approximate surface area is 234 Å². The van der Waals surface area contributed by atoms with Gasteiger partial charge in [0.25, 0.3) is 0 Å². The largest absolute Gasteiger partial charge is 0.468 e. The van der Waals surface area contributed by atoms with Gasteiger partial charge in [-0.15, -0.1) is 5.10 Å². The number of anilines is 2. The average molecular weight is 574 g/mol. The molecule has 3 aromatic heterocycles. The third-order valence-corrected chi connectivity index (χ3v) is 7.17. The smallest absolute Gasteiger partial charge is 0.323 e. The van der Waals surface area contributed by atoms with Crippen LogP contribution >= 0.6 is 0 Å². The first kappa shape index (κ1) is 26.2. The molecule has 41 heavy (non-hydrogen) atoms. The van der Waals surface area contributed by atoms with Crippen LogP contribution in [0.2, 0.25) is 0 Å². The first-order valence-electron chi connectivity index (χ1n) is 12.4. The number of ether oxygens (including phenoxy) is 3. The van der Waals surface area contributed by atoms with Gasteiger partial charge in [0.2, 0.25) is 5.88 Å². The van der Waals surface area contributed by atoms with Crippen LogP contribution < -0.4 is 20.1 Å².